The normalized spacial score (nSPS) is 23.3. The summed E-state index contributed by atoms with van der Waals surface area (Å²) in [6.07, 6.45) is 2.61. The summed E-state index contributed by atoms with van der Waals surface area (Å²) in [7, 11) is 0. The highest BCUT2D eigenvalue weighted by molar-refractivity contribution is 6.31. The molecule has 0 bridgehead atoms. The molecule has 1 saturated heterocycles. The number of hydrogen-bond acceptors (Lipinski definition) is 2. The fourth-order valence-electron chi connectivity index (χ4n) is 2.77. The number of halogens is 1. The van der Waals surface area contributed by atoms with Crippen molar-refractivity contribution in [2.24, 2.45) is 0 Å². The first-order valence-corrected chi connectivity index (χ1v) is 5.94. The molecule has 0 saturated carbocycles. The van der Waals surface area contributed by atoms with Crippen molar-refractivity contribution in [3.8, 4) is 0 Å². The molecule has 1 aromatic rings. The highest BCUT2D eigenvalue weighted by Gasteiger charge is 2.30. The number of aryl methyl sites for hydroxylation is 1. The topological polar surface area (TPSA) is 15.3 Å². The molecule has 80 valence electrons. The lowest BCUT2D eigenvalue weighted by atomic mass is 10.1. The molecule has 0 radical (unpaired) electrons. The molecule has 1 fully saturated rings. The maximum absolute atomic E-state index is 6.12. The van der Waals surface area contributed by atoms with Crippen LogP contribution in [0, 0.1) is 6.92 Å². The van der Waals surface area contributed by atoms with Crippen LogP contribution < -0.4 is 10.2 Å². The molecule has 2 nitrogen and oxygen atoms in total. The second kappa shape index (κ2) is 3.31. The van der Waals surface area contributed by atoms with Gasteiger partial charge in [-0.2, -0.15) is 0 Å². The minimum atomic E-state index is 0.676. The van der Waals surface area contributed by atoms with Crippen LogP contribution >= 0.6 is 11.6 Å². The van der Waals surface area contributed by atoms with Crippen molar-refractivity contribution in [1.29, 1.82) is 0 Å². The van der Waals surface area contributed by atoms with E-state index in [1.54, 1.807) is 0 Å². The van der Waals surface area contributed by atoms with Crippen LogP contribution in [0.25, 0.3) is 0 Å². The Bertz CT molecular complexity index is 403. The molecule has 2 heterocycles. The van der Waals surface area contributed by atoms with Gasteiger partial charge in [-0.05, 0) is 37.5 Å². The Balaban J connectivity index is 2.12. The third kappa shape index (κ3) is 1.39. The molecule has 2 aliphatic heterocycles. The smallest absolute Gasteiger partial charge is 0.0622 e. The Hall–Kier alpha value is -0.890. The number of nitrogens with one attached hydrogen (secondary N) is 1. The molecule has 0 amide bonds. The Morgan fingerprint density at radius 2 is 2.33 bits per heavy atom. The van der Waals surface area contributed by atoms with Gasteiger partial charge in [-0.15, -0.1) is 0 Å². The van der Waals surface area contributed by atoms with E-state index < -0.39 is 0 Å². The summed E-state index contributed by atoms with van der Waals surface area (Å²) < 4.78 is 0. The Labute approximate surface area is 95.2 Å². The third-order valence-corrected chi connectivity index (χ3v) is 3.70. The highest BCUT2D eigenvalue weighted by atomic mass is 35.5. The lowest BCUT2D eigenvalue weighted by Crippen LogP contribution is -2.39. The van der Waals surface area contributed by atoms with Crippen LogP contribution in [0.4, 0.5) is 11.4 Å². The Morgan fingerprint density at radius 3 is 3.20 bits per heavy atom. The Kier molecular flexibility index (Phi) is 2.06. The van der Waals surface area contributed by atoms with Crippen molar-refractivity contribution in [3.63, 3.8) is 0 Å². The lowest BCUT2D eigenvalue weighted by Gasteiger charge is -2.35. The van der Waals surface area contributed by atoms with Crippen molar-refractivity contribution >= 4 is 23.0 Å². The molecule has 3 heteroatoms. The quantitative estimate of drug-likeness (QED) is 0.726. The summed E-state index contributed by atoms with van der Waals surface area (Å²) >= 11 is 6.12. The summed E-state index contributed by atoms with van der Waals surface area (Å²) in [5, 5.41) is 4.38. The van der Waals surface area contributed by atoms with Crippen molar-refractivity contribution in [2.75, 3.05) is 23.3 Å². The summed E-state index contributed by atoms with van der Waals surface area (Å²) in [4.78, 5) is 2.50. The molecular formula is C12H15ClN2. The molecule has 2 aliphatic rings. The monoisotopic (exact) mass is 222 g/mol. The summed E-state index contributed by atoms with van der Waals surface area (Å²) in [6, 6.07) is 4.80. The zero-order valence-electron chi connectivity index (χ0n) is 8.89. The second-order valence-electron chi connectivity index (χ2n) is 4.49. The molecule has 3 rings (SSSR count). The predicted octanol–water partition coefficient (Wildman–Crippen LogP) is 3.04. The average molecular weight is 223 g/mol. The number of nitrogens with zero attached hydrogens (tertiary/aromatic N) is 1. The Morgan fingerprint density at radius 1 is 1.47 bits per heavy atom. The fraction of sp³-hybridized carbons (Fsp3) is 0.500. The summed E-state index contributed by atoms with van der Waals surface area (Å²) in [5.41, 5.74) is 3.83. The van der Waals surface area contributed by atoms with E-state index in [1.165, 1.54) is 36.3 Å². The van der Waals surface area contributed by atoms with Gasteiger partial charge in [0.15, 0.2) is 0 Å². The SMILES string of the molecule is Cc1cc(Cl)cc2c1NCC1CCCN21. The lowest BCUT2D eigenvalue weighted by molar-refractivity contribution is 0.682. The first kappa shape index (κ1) is 9.34. The van der Waals surface area contributed by atoms with Crippen LogP contribution in [-0.4, -0.2) is 19.1 Å². The van der Waals surface area contributed by atoms with Crippen LogP contribution in [0.1, 0.15) is 18.4 Å². The van der Waals surface area contributed by atoms with Crippen molar-refractivity contribution in [3.05, 3.63) is 22.7 Å². The van der Waals surface area contributed by atoms with Crippen LogP contribution in [0.2, 0.25) is 5.02 Å². The minimum Gasteiger partial charge on any atom is -0.381 e. The van der Waals surface area contributed by atoms with Crippen LogP contribution in [0.5, 0.6) is 0 Å². The van der Waals surface area contributed by atoms with Gasteiger partial charge in [0.25, 0.3) is 0 Å². The molecule has 1 atom stereocenters. The largest absolute Gasteiger partial charge is 0.381 e. The molecule has 15 heavy (non-hydrogen) atoms. The molecule has 1 unspecified atom stereocenters. The molecule has 0 spiro atoms. The van der Waals surface area contributed by atoms with E-state index in [-0.39, 0.29) is 0 Å². The summed E-state index contributed by atoms with van der Waals surface area (Å²) in [6.45, 7) is 4.38. The second-order valence-corrected chi connectivity index (χ2v) is 4.92. The van der Waals surface area contributed by atoms with Gasteiger partial charge in [-0.25, -0.2) is 0 Å². The van der Waals surface area contributed by atoms with Crippen LogP contribution in [0.3, 0.4) is 0 Å². The van der Waals surface area contributed by atoms with Gasteiger partial charge in [0, 0.05) is 24.2 Å². The third-order valence-electron chi connectivity index (χ3n) is 3.48. The van der Waals surface area contributed by atoms with E-state index in [0.29, 0.717) is 6.04 Å². The van der Waals surface area contributed by atoms with Crippen molar-refractivity contribution in [2.45, 2.75) is 25.8 Å². The van der Waals surface area contributed by atoms with E-state index in [1.807, 2.05) is 6.07 Å². The number of anilines is 2. The zero-order chi connectivity index (χ0) is 10.4. The van der Waals surface area contributed by atoms with E-state index >= 15 is 0 Å². The standard InChI is InChI=1S/C12H15ClN2/c1-8-5-9(13)6-11-12(8)14-7-10-3-2-4-15(10)11/h5-6,10,14H,2-4,7H2,1H3. The fourth-order valence-corrected chi connectivity index (χ4v) is 3.03. The number of fused-ring (bicyclic) bond motifs is 3. The van der Waals surface area contributed by atoms with Gasteiger partial charge in [-0.3, -0.25) is 0 Å². The highest BCUT2D eigenvalue weighted by Crippen LogP contribution is 2.39. The van der Waals surface area contributed by atoms with Crippen LogP contribution in [-0.2, 0) is 0 Å². The molecule has 0 aromatic heterocycles. The van der Waals surface area contributed by atoms with Gasteiger partial charge in [0.2, 0.25) is 0 Å². The van der Waals surface area contributed by atoms with E-state index in [0.717, 1.165) is 11.6 Å². The average Bonchev–Trinajstić information content (AvgIpc) is 2.65. The molecule has 1 N–H and O–H groups in total. The van der Waals surface area contributed by atoms with Gasteiger partial charge >= 0.3 is 0 Å². The van der Waals surface area contributed by atoms with Gasteiger partial charge < -0.3 is 10.2 Å². The van der Waals surface area contributed by atoms with Gasteiger partial charge in [0.1, 0.15) is 0 Å². The predicted molar refractivity (Wildman–Crippen MR) is 65.0 cm³/mol. The van der Waals surface area contributed by atoms with E-state index in [9.17, 15) is 0 Å². The molecule has 0 aliphatic carbocycles. The maximum atomic E-state index is 6.12. The first-order valence-electron chi connectivity index (χ1n) is 5.56. The summed E-state index contributed by atoms with van der Waals surface area (Å²) in [5.74, 6) is 0. The molecule has 1 aromatic carbocycles. The van der Waals surface area contributed by atoms with Gasteiger partial charge in [0.05, 0.1) is 11.4 Å². The maximum Gasteiger partial charge on any atom is 0.0622 e. The van der Waals surface area contributed by atoms with E-state index in [2.05, 4.69) is 23.2 Å². The number of hydrogen-bond donors (Lipinski definition) is 1. The molecular weight excluding hydrogens is 208 g/mol. The van der Waals surface area contributed by atoms with Crippen molar-refractivity contribution < 1.29 is 0 Å². The van der Waals surface area contributed by atoms with Crippen LogP contribution in [0.15, 0.2) is 12.1 Å². The van der Waals surface area contributed by atoms with Crippen molar-refractivity contribution in [1.82, 2.24) is 0 Å². The van der Waals surface area contributed by atoms with E-state index in [4.69, 9.17) is 11.6 Å². The first-order chi connectivity index (χ1) is 7.25. The zero-order valence-corrected chi connectivity index (χ0v) is 9.64. The number of benzene rings is 1. The van der Waals surface area contributed by atoms with Gasteiger partial charge in [-0.1, -0.05) is 11.6 Å². The number of rotatable bonds is 0. The minimum absolute atomic E-state index is 0.676.